The third kappa shape index (κ3) is 2.75. The van der Waals surface area contributed by atoms with Gasteiger partial charge in [0, 0.05) is 0 Å². The Kier molecular flexibility index (Phi) is 4.35. The summed E-state index contributed by atoms with van der Waals surface area (Å²) in [4.78, 5) is 11.2. The van der Waals surface area contributed by atoms with Crippen LogP contribution in [0.25, 0.3) is 0 Å². The maximum atomic E-state index is 11.2. The van der Waals surface area contributed by atoms with Crippen molar-refractivity contribution in [2.24, 2.45) is 5.92 Å². The third-order valence-corrected chi connectivity index (χ3v) is 2.95. The Labute approximate surface area is 96.1 Å². The average molecular weight is 222 g/mol. The third-order valence-electron chi connectivity index (χ3n) is 2.95. The van der Waals surface area contributed by atoms with Crippen molar-refractivity contribution in [1.82, 2.24) is 0 Å². The molecule has 0 aliphatic rings. The van der Waals surface area contributed by atoms with Crippen molar-refractivity contribution in [2.45, 2.75) is 26.2 Å². The van der Waals surface area contributed by atoms with Crippen LogP contribution in [0.5, 0.6) is 5.75 Å². The van der Waals surface area contributed by atoms with E-state index in [1.165, 1.54) is 0 Å². The Bertz CT molecular complexity index is 343. The van der Waals surface area contributed by atoms with Gasteiger partial charge in [-0.1, -0.05) is 32.4 Å². The lowest BCUT2D eigenvalue weighted by molar-refractivity contribution is -0.140. The first-order valence-corrected chi connectivity index (χ1v) is 5.46. The highest BCUT2D eigenvalue weighted by atomic mass is 16.5. The summed E-state index contributed by atoms with van der Waals surface area (Å²) in [5.74, 6) is -0.321. The van der Waals surface area contributed by atoms with Gasteiger partial charge in [-0.05, 0) is 23.6 Å². The summed E-state index contributed by atoms with van der Waals surface area (Å²) in [6.07, 6.45) is 0.850. The molecule has 1 N–H and O–H groups in total. The molecule has 1 aromatic carbocycles. The van der Waals surface area contributed by atoms with Crippen LogP contribution in [0, 0.1) is 5.92 Å². The number of ether oxygens (including phenoxy) is 1. The monoisotopic (exact) mass is 222 g/mol. The van der Waals surface area contributed by atoms with Gasteiger partial charge < -0.3 is 9.84 Å². The largest absolute Gasteiger partial charge is 0.497 e. The van der Waals surface area contributed by atoms with E-state index in [9.17, 15) is 9.90 Å². The Morgan fingerprint density at radius 3 is 2.31 bits per heavy atom. The minimum absolute atomic E-state index is 0.130. The molecular formula is C13H18O3. The van der Waals surface area contributed by atoms with Gasteiger partial charge in [0.15, 0.2) is 0 Å². The molecule has 0 saturated heterocycles. The van der Waals surface area contributed by atoms with E-state index in [4.69, 9.17) is 4.74 Å². The number of benzene rings is 1. The lowest BCUT2D eigenvalue weighted by atomic mass is 9.86. The second-order valence-electron chi connectivity index (χ2n) is 3.97. The Morgan fingerprint density at radius 1 is 1.38 bits per heavy atom. The predicted molar refractivity (Wildman–Crippen MR) is 62.8 cm³/mol. The van der Waals surface area contributed by atoms with Gasteiger partial charge in [0.05, 0.1) is 13.0 Å². The number of carboxylic acids is 1. The number of hydrogen-bond donors (Lipinski definition) is 1. The molecule has 3 heteroatoms. The highest BCUT2D eigenvalue weighted by Gasteiger charge is 2.25. The number of rotatable bonds is 5. The molecule has 0 spiro atoms. The molecule has 0 heterocycles. The van der Waals surface area contributed by atoms with Gasteiger partial charge in [-0.3, -0.25) is 4.79 Å². The van der Waals surface area contributed by atoms with Gasteiger partial charge in [0.1, 0.15) is 5.75 Å². The minimum atomic E-state index is -0.764. The maximum Gasteiger partial charge on any atom is 0.311 e. The predicted octanol–water partition coefficient (Wildman–Crippen LogP) is 2.91. The van der Waals surface area contributed by atoms with Crippen molar-refractivity contribution in [2.75, 3.05) is 7.11 Å². The van der Waals surface area contributed by atoms with Crippen molar-refractivity contribution in [3.8, 4) is 5.75 Å². The van der Waals surface area contributed by atoms with E-state index in [1.54, 1.807) is 19.2 Å². The van der Waals surface area contributed by atoms with Gasteiger partial charge in [-0.15, -0.1) is 0 Å². The van der Waals surface area contributed by atoms with Crippen molar-refractivity contribution in [1.29, 1.82) is 0 Å². The normalized spacial score (nSPS) is 14.2. The molecule has 1 rings (SSSR count). The molecule has 16 heavy (non-hydrogen) atoms. The van der Waals surface area contributed by atoms with Crippen molar-refractivity contribution in [3.63, 3.8) is 0 Å². The lowest BCUT2D eigenvalue weighted by Crippen LogP contribution is -2.18. The molecule has 0 unspecified atom stereocenters. The van der Waals surface area contributed by atoms with Crippen LogP contribution in [0.15, 0.2) is 24.3 Å². The fraction of sp³-hybridized carbons (Fsp3) is 0.462. The zero-order chi connectivity index (χ0) is 12.1. The molecule has 88 valence electrons. The van der Waals surface area contributed by atoms with E-state index in [0.717, 1.165) is 17.7 Å². The molecule has 0 aliphatic carbocycles. The molecule has 0 amide bonds. The molecule has 1 aromatic rings. The molecule has 0 fully saturated rings. The van der Waals surface area contributed by atoms with Crippen molar-refractivity contribution in [3.05, 3.63) is 29.8 Å². The number of carboxylic acid groups (broad SMARTS) is 1. The molecule has 0 radical (unpaired) electrons. The van der Waals surface area contributed by atoms with Gasteiger partial charge in [-0.25, -0.2) is 0 Å². The van der Waals surface area contributed by atoms with Gasteiger partial charge in [-0.2, -0.15) is 0 Å². The fourth-order valence-electron chi connectivity index (χ4n) is 1.76. The van der Waals surface area contributed by atoms with E-state index in [2.05, 4.69) is 0 Å². The second kappa shape index (κ2) is 5.54. The highest BCUT2D eigenvalue weighted by molar-refractivity contribution is 5.76. The summed E-state index contributed by atoms with van der Waals surface area (Å²) in [5.41, 5.74) is 0.836. The summed E-state index contributed by atoms with van der Waals surface area (Å²) in [6, 6.07) is 7.24. The van der Waals surface area contributed by atoms with Crippen molar-refractivity contribution < 1.29 is 14.6 Å². The number of hydrogen-bond acceptors (Lipinski definition) is 2. The summed E-state index contributed by atoms with van der Waals surface area (Å²) >= 11 is 0. The van der Waals surface area contributed by atoms with Crippen LogP contribution in [0.1, 0.15) is 31.7 Å². The van der Waals surface area contributed by atoms with Crippen LogP contribution in [-0.4, -0.2) is 18.2 Å². The first kappa shape index (κ1) is 12.6. The number of aliphatic carboxylic acids is 1. The van der Waals surface area contributed by atoms with Crippen LogP contribution in [0.4, 0.5) is 0 Å². The fourth-order valence-corrected chi connectivity index (χ4v) is 1.76. The van der Waals surface area contributed by atoms with Crippen LogP contribution in [0.3, 0.4) is 0 Å². The van der Waals surface area contributed by atoms with Crippen LogP contribution < -0.4 is 4.74 Å². The molecule has 0 aliphatic heterocycles. The van der Waals surface area contributed by atoms with Crippen LogP contribution in [-0.2, 0) is 4.79 Å². The lowest BCUT2D eigenvalue weighted by Gasteiger charge is -2.19. The molecule has 0 bridgehead atoms. The van der Waals surface area contributed by atoms with Crippen LogP contribution in [0.2, 0.25) is 0 Å². The summed E-state index contributed by atoms with van der Waals surface area (Å²) in [5, 5.41) is 9.22. The maximum absolute atomic E-state index is 11.2. The van der Waals surface area contributed by atoms with Crippen LogP contribution >= 0.6 is 0 Å². The zero-order valence-corrected chi connectivity index (χ0v) is 9.93. The van der Waals surface area contributed by atoms with Gasteiger partial charge >= 0.3 is 5.97 Å². The second-order valence-corrected chi connectivity index (χ2v) is 3.97. The standard InChI is InChI=1S/C13H18O3/c1-4-9(2)12(13(14)15)10-5-7-11(16-3)8-6-10/h5-9,12H,4H2,1-3H3,(H,14,15)/t9-,12+/m1/s1. The van der Waals surface area contributed by atoms with Gasteiger partial charge in [0.2, 0.25) is 0 Å². The van der Waals surface area contributed by atoms with E-state index in [-0.39, 0.29) is 5.92 Å². The zero-order valence-electron chi connectivity index (χ0n) is 9.93. The Balaban J connectivity index is 2.97. The van der Waals surface area contributed by atoms with E-state index >= 15 is 0 Å². The van der Waals surface area contributed by atoms with E-state index in [0.29, 0.717) is 0 Å². The topological polar surface area (TPSA) is 46.5 Å². The van der Waals surface area contributed by atoms with E-state index < -0.39 is 11.9 Å². The minimum Gasteiger partial charge on any atom is -0.497 e. The SMILES string of the molecule is CC[C@@H](C)[C@H](C(=O)O)c1ccc(OC)cc1. The summed E-state index contributed by atoms with van der Waals surface area (Å²) < 4.78 is 5.05. The molecule has 0 saturated carbocycles. The first-order chi connectivity index (χ1) is 7.60. The Morgan fingerprint density at radius 2 is 1.94 bits per heavy atom. The average Bonchev–Trinajstić information content (AvgIpc) is 2.29. The van der Waals surface area contributed by atoms with Crippen molar-refractivity contribution >= 4 is 5.97 Å². The number of methoxy groups -OCH3 is 1. The molecule has 2 atom stereocenters. The highest BCUT2D eigenvalue weighted by Crippen LogP contribution is 2.28. The van der Waals surface area contributed by atoms with E-state index in [1.807, 2.05) is 26.0 Å². The smallest absolute Gasteiger partial charge is 0.311 e. The molecule has 0 aromatic heterocycles. The summed E-state index contributed by atoms with van der Waals surface area (Å²) in [7, 11) is 1.60. The molecular weight excluding hydrogens is 204 g/mol. The quantitative estimate of drug-likeness (QED) is 0.833. The first-order valence-electron chi connectivity index (χ1n) is 5.46. The number of carbonyl (C=O) groups is 1. The Hall–Kier alpha value is -1.51. The van der Waals surface area contributed by atoms with Gasteiger partial charge in [0.25, 0.3) is 0 Å². The summed E-state index contributed by atoms with van der Waals surface area (Å²) in [6.45, 7) is 3.97. The molecule has 3 nitrogen and oxygen atoms in total.